The number of halogens is 1. The summed E-state index contributed by atoms with van der Waals surface area (Å²) in [6.07, 6.45) is 2.28. The van der Waals surface area contributed by atoms with Gasteiger partial charge in [0.1, 0.15) is 5.82 Å². The predicted octanol–water partition coefficient (Wildman–Crippen LogP) is 4.12. The van der Waals surface area contributed by atoms with Gasteiger partial charge in [-0.1, -0.05) is 25.4 Å². The molecular formula is C14H23ClN2O. The first-order valence-corrected chi connectivity index (χ1v) is 6.98. The Balaban J connectivity index is 2.38. The maximum atomic E-state index is 6.09. The van der Waals surface area contributed by atoms with Crippen molar-refractivity contribution in [1.29, 1.82) is 0 Å². The van der Waals surface area contributed by atoms with Crippen molar-refractivity contribution in [3.05, 3.63) is 22.8 Å². The maximum Gasteiger partial charge on any atom is 0.126 e. The standard InChI is InChI=1S/C14H23ClN2O/c1-4-16-14-8-7-12(15)13(17-14)10-18-9-5-6-11(2)3/h7-8,11H,4-6,9-10H2,1-3H3,(H,16,17). The summed E-state index contributed by atoms with van der Waals surface area (Å²) in [7, 11) is 0. The summed E-state index contributed by atoms with van der Waals surface area (Å²) in [5.41, 5.74) is 0.805. The van der Waals surface area contributed by atoms with Gasteiger partial charge in [0.25, 0.3) is 0 Å². The van der Waals surface area contributed by atoms with Crippen LogP contribution in [-0.4, -0.2) is 18.1 Å². The topological polar surface area (TPSA) is 34.1 Å². The highest BCUT2D eigenvalue weighted by Gasteiger charge is 2.04. The van der Waals surface area contributed by atoms with Gasteiger partial charge in [0.15, 0.2) is 0 Å². The minimum Gasteiger partial charge on any atom is -0.375 e. The van der Waals surface area contributed by atoms with Crippen LogP contribution < -0.4 is 5.32 Å². The lowest BCUT2D eigenvalue weighted by molar-refractivity contribution is 0.112. The van der Waals surface area contributed by atoms with Crippen molar-refractivity contribution < 1.29 is 4.74 Å². The van der Waals surface area contributed by atoms with E-state index in [1.54, 1.807) is 0 Å². The SMILES string of the molecule is CCNc1ccc(Cl)c(COCCCC(C)C)n1. The molecule has 1 N–H and O–H groups in total. The van der Waals surface area contributed by atoms with Gasteiger partial charge in [-0.25, -0.2) is 4.98 Å². The Morgan fingerprint density at radius 1 is 1.39 bits per heavy atom. The van der Waals surface area contributed by atoms with Crippen LogP contribution in [0.25, 0.3) is 0 Å². The molecule has 0 aromatic carbocycles. The van der Waals surface area contributed by atoms with E-state index in [-0.39, 0.29) is 0 Å². The van der Waals surface area contributed by atoms with Crippen LogP contribution in [0.4, 0.5) is 5.82 Å². The van der Waals surface area contributed by atoms with Crippen LogP contribution in [0.1, 0.15) is 39.3 Å². The molecule has 0 amide bonds. The molecule has 0 aliphatic heterocycles. The first-order valence-electron chi connectivity index (χ1n) is 6.60. The molecule has 1 rings (SSSR count). The van der Waals surface area contributed by atoms with Gasteiger partial charge in [0.2, 0.25) is 0 Å². The fourth-order valence-corrected chi connectivity index (χ4v) is 1.79. The summed E-state index contributed by atoms with van der Waals surface area (Å²) >= 11 is 6.09. The Morgan fingerprint density at radius 3 is 2.83 bits per heavy atom. The highest BCUT2D eigenvalue weighted by atomic mass is 35.5. The second-order valence-corrected chi connectivity index (χ2v) is 5.15. The van der Waals surface area contributed by atoms with Crippen molar-refractivity contribution in [3.63, 3.8) is 0 Å². The quantitative estimate of drug-likeness (QED) is 0.722. The van der Waals surface area contributed by atoms with E-state index < -0.39 is 0 Å². The Labute approximate surface area is 115 Å². The van der Waals surface area contributed by atoms with E-state index in [2.05, 4.69) is 24.1 Å². The lowest BCUT2D eigenvalue weighted by Crippen LogP contribution is -2.04. The summed E-state index contributed by atoms with van der Waals surface area (Å²) in [4.78, 5) is 4.43. The number of hydrogen-bond donors (Lipinski definition) is 1. The van der Waals surface area contributed by atoms with Gasteiger partial charge in [-0.05, 0) is 37.8 Å². The average molecular weight is 271 g/mol. The van der Waals surface area contributed by atoms with E-state index in [4.69, 9.17) is 16.3 Å². The maximum absolute atomic E-state index is 6.09. The van der Waals surface area contributed by atoms with Crippen molar-refractivity contribution in [2.75, 3.05) is 18.5 Å². The Kier molecular flexibility index (Phi) is 7.06. The van der Waals surface area contributed by atoms with Gasteiger partial charge < -0.3 is 10.1 Å². The van der Waals surface area contributed by atoms with Crippen molar-refractivity contribution in [2.45, 2.75) is 40.2 Å². The van der Waals surface area contributed by atoms with Crippen molar-refractivity contribution in [3.8, 4) is 0 Å². The smallest absolute Gasteiger partial charge is 0.126 e. The van der Waals surface area contributed by atoms with E-state index in [1.807, 2.05) is 19.1 Å². The fourth-order valence-electron chi connectivity index (χ4n) is 1.63. The number of ether oxygens (including phenoxy) is 1. The molecule has 0 saturated carbocycles. The van der Waals surface area contributed by atoms with Crippen molar-refractivity contribution in [1.82, 2.24) is 4.98 Å². The third-order valence-electron chi connectivity index (χ3n) is 2.59. The summed E-state index contributed by atoms with van der Waals surface area (Å²) in [5, 5.41) is 3.83. The monoisotopic (exact) mass is 270 g/mol. The fraction of sp³-hybridized carbons (Fsp3) is 0.643. The molecule has 1 heterocycles. The highest BCUT2D eigenvalue weighted by molar-refractivity contribution is 6.31. The molecule has 3 nitrogen and oxygen atoms in total. The molecule has 0 fully saturated rings. The van der Waals surface area contributed by atoms with E-state index in [1.165, 1.54) is 6.42 Å². The van der Waals surface area contributed by atoms with Gasteiger partial charge in [-0.2, -0.15) is 0 Å². The van der Waals surface area contributed by atoms with Gasteiger partial charge in [0, 0.05) is 13.2 Å². The summed E-state index contributed by atoms with van der Waals surface area (Å²) < 4.78 is 5.61. The molecule has 0 spiro atoms. The van der Waals surface area contributed by atoms with Crippen LogP contribution in [-0.2, 0) is 11.3 Å². The number of nitrogens with zero attached hydrogens (tertiary/aromatic N) is 1. The molecule has 0 bridgehead atoms. The second kappa shape index (κ2) is 8.33. The number of anilines is 1. The van der Waals surface area contributed by atoms with E-state index >= 15 is 0 Å². The molecule has 1 aromatic heterocycles. The van der Waals surface area contributed by atoms with Crippen molar-refractivity contribution in [2.24, 2.45) is 5.92 Å². The summed E-state index contributed by atoms with van der Waals surface area (Å²) in [5.74, 6) is 1.58. The molecule has 0 aliphatic carbocycles. The molecular weight excluding hydrogens is 248 g/mol. The third-order valence-corrected chi connectivity index (χ3v) is 2.93. The summed E-state index contributed by atoms with van der Waals surface area (Å²) in [6, 6.07) is 3.74. The Morgan fingerprint density at radius 2 is 2.17 bits per heavy atom. The number of pyridine rings is 1. The van der Waals surface area contributed by atoms with E-state index in [0.717, 1.165) is 37.0 Å². The molecule has 4 heteroatoms. The van der Waals surface area contributed by atoms with Crippen molar-refractivity contribution >= 4 is 17.4 Å². The zero-order valence-corrected chi connectivity index (χ0v) is 12.3. The van der Waals surface area contributed by atoms with Gasteiger partial charge in [-0.15, -0.1) is 0 Å². The minimum absolute atomic E-state index is 0.482. The second-order valence-electron chi connectivity index (χ2n) is 4.74. The molecule has 102 valence electrons. The van der Waals surface area contributed by atoms with Crippen LogP contribution in [0.15, 0.2) is 12.1 Å². The molecule has 0 atom stereocenters. The van der Waals surface area contributed by atoms with E-state index in [9.17, 15) is 0 Å². The molecule has 0 radical (unpaired) electrons. The van der Waals surface area contributed by atoms with Gasteiger partial charge >= 0.3 is 0 Å². The third kappa shape index (κ3) is 5.69. The first kappa shape index (κ1) is 15.3. The molecule has 0 unspecified atom stereocenters. The van der Waals surface area contributed by atoms with E-state index in [0.29, 0.717) is 11.6 Å². The zero-order chi connectivity index (χ0) is 13.4. The summed E-state index contributed by atoms with van der Waals surface area (Å²) in [6.45, 7) is 8.58. The van der Waals surface area contributed by atoms with Crippen LogP contribution in [0.2, 0.25) is 5.02 Å². The molecule has 0 saturated heterocycles. The molecule has 0 aliphatic rings. The largest absolute Gasteiger partial charge is 0.375 e. The lowest BCUT2D eigenvalue weighted by Gasteiger charge is -2.09. The van der Waals surface area contributed by atoms with Crippen LogP contribution in [0, 0.1) is 5.92 Å². The van der Waals surface area contributed by atoms with Crippen LogP contribution in [0.5, 0.6) is 0 Å². The van der Waals surface area contributed by atoms with Gasteiger partial charge in [-0.3, -0.25) is 0 Å². The average Bonchev–Trinajstić information content (AvgIpc) is 2.32. The number of aromatic nitrogens is 1. The Hall–Kier alpha value is -0.800. The molecule has 1 aromatic rings. The number of hydrogen-bond acceptors (Lipinski definition) is 3. The lowest BCUT2D eigenvalue weighted by atomic mass is 10.1. The predicted molar refractivity (Wildman–Crippen MR) is 77.1 cm³/mol. The van der Waals surface area contributed by atoms with Crippen LogP contribution >= 0.6 is 11.6 Å². The minimum atomic E-state index is 0.482. The number of nitrogens with one attached hydrogen (secondary N) is 1. The van der Waals surface area contributed by atoms with Crippen LogP contribution in [0.3, 0.4) is 0 Å². The van der Waals surface area contributed by atoms with Gasteiger partial charge in [0.05, 0.1) is 17.3 Å². The zero-order valence-electron chi connectivity index (χ0n) is 11.5. The Bertz CT molecular complexity index is 356. The first-order chi connectivity index (χ1) is 8.63. The number of rotatable bonds is 8. The molecule has 18 heavy (non-hydrogen) atoms. The highest BCUT2D eigenvalue weighted by Crippen LogP contribution is 2.17. The normalized spacial score (nSPS) is 10.9.